The molecular weight excluding hydrogens is 292 g/mol. The quantitative estimate of drug-likeness (QED) is 0.777. The van der Waals surface area contributed by atoms with E-state index in [-0.39, 0.29) is 14.4 Å². The van der Waals surface area contributed by atoms with Gasteiger partial charge in [-0.3, -0.25) is 0 Å². The lowest BCUT2D eigenvalue weighted by molar-refractivity contribution is 0.557. The molecule has 0 aromatic carbocycles. The standard InChI is InChI=1S/C10H18N2O3S3/c1-5-6-7-18(14,15)9-12-11-8(16-9)17(13)10(2,3)4/h5-7H2,1-4H3. The number of nitrogens with zero attached hydrogens (tertiary/aromatic N) is 2. The van der Waals surface area contributed by atoms with Crippen LogP contribution in [0.25, 0.3) is 0 Å². The van der Waals surface area contributed by atoms with Crippen molar-refractivity contribution in [2.24, 2.45) is 0 Å². The maximum Gasteiger partial charge on any atom is 0.323 e. The van der Waals surface area contributed by atoms with E-state index < -0.39 is 25.8 Å². The zero-order valence-corrected chi connectivity index (χ0v) is 13.4. The lowest BCUT2D eigenvalue weighted by Crippen LogP contribution is -2.27. The van der Waals surface area contributed by atoms with Crippen molar-refractivity contribution in [1.82, 2.24) is 10.2 Å². The van der Waals surface area contributed by atoms with Crippen LogP contribution in [0.3, 0.4) is 0 Å². The van der Waals surface area contributed by atoms with Gasteiger partial charge in [0.1, 0.15) is 4.75 Å². The molecule has 8 heteroatoms. The molecule has 1 rings (SSSR count). The summed E-state index contributed by atoms with van der Waals surface area (Å²) >= 11 is -0.425. The van der Waals surface area contributed by atoms with Crippen molar-refractivity contribution in [1.29, 1.82) is 0 Å². The molecule has 0 bridgehead atoms. The van der Waals surface area contributed by atoms with Crippen molar-refractivity contribution in [3.63, 3.8) is 0 Å². The van der Waals surface area contributed by atoms with Gasteiger partial charge >= 0.3 is 4.34 Å². The molecule has 0 spiro atoms. The Labute approximate surface area is 115 Å². The van der Waals surface area contributed by atoms with E-state index in [4.69, 9.17) is 0 Å². The number of aromatic nitrogens is 2. The molecule has 1 aromatic rings. The molecule has 0 aliphatic rings. The average molecular weight is 310 g/mol. The van der Waals surface area contributed by atoms with Crippen LogP contribution in [0.5, 0.6) is 0 Å². The maximum absolute atomic E-state index is 12.0. The van der Waals surface area contributed by atoms with Crippen molar-refractivity contribution in [2.45, 2.75) is 54.0 Å². The van der Waals surface area contributed by atoms with Gasteiger partial charge in [0.2, 0.25) is 14.2 Å². The van der Waals surface area contributed by atoms with Gasteiger partial charge in [-0.05, 0) is 38.5 Å². The van der Waals surface area contributed by atoms with E-state index in [2.05, 4.69) is 10.2 Å². The third-order valence-electron chi connectivity index (χ3n) is 2.14. The maximum atomic E-state index is 12.0. The Morgan fingerprint density at radius 3 is 2.44 bits per heavy atom. The summed E-state index contributed by atoms with van der Waals surface area (Å²) in [4.78, 5) is 0. The molecule has 0 aliphatic carbocycles. The minimum Gasteiger partial charge on any atom is -0.609 e. The Kier molecular flexibility index (Phi) is 5.16. The van der Waals surface area contributed by atoms with Crippen LogP contribution in [0.15, 0.2) is 8.68 Å². The molecule has 0 N–H and O–H groups in total. The van der Waals surface area contributed by atoms with Gasteiger partial charge in [-0.25, -0.2) is 8.42 Å². The fraction of sp³-hybridized carbons (Fsp3) is 0.800. The number of sulfone groups is 1. The highest BCUT2D eigenvalue weighted by molar-refractivity contribution is 7.96. The highest BCUT2D eigenvalue weighted by Crippen LogP contribution is 2.29. The Balaban J connectivity index is 2.93. The molecule has 0 aliphatic heterocycles. The first-order valence-corrected chi connectivity index (χ1v) is 9.28. The topological polar surface area (TPSA) is 83.0 Å². The van der Waals surface area contributed by atoms with Gasteiger partial charge in [0, 0.05) is 11.2 Å². The van der Waals surface area contributed by atoms with Crippen molar-refractivity contribution in [3.05, 3.63) is 0 Å². The van der Waals surface area contributed by atoms with Gasteiger partial charge in [-0.2, -0.15) is 0 Å². The van der Waals surface area contributed by atoms with Crippen molar-refractivity contribution < 1.29 is 13.0 Å². The highest BCUT2D eigenvalue weighted by atomic mass is 32.3. The summed E-state index contributed by atoms with van der Waals surface area (Å²) < 4.78 is 35.6. The third-order valence-corrected chi connectivity index (χ3v) is 7.31. The van der Waals surface area contributed by atoms with Crippen LogP contribution in [0, 0.1) is 0 Å². The fourth-order valence-electron chi connectivity index (χ4n) is 1.08. The van der Waals surface area contributed by atoms with Crippen molar-refractivity contribution in [2.75, 3.05) is 5.75 Å². The van der Waals surface area contributed by atoms with Crippen molar-refractivity contribution in [3.8, 4) is 0 Å². The molecule has 0 saturated heterocycles. The molecule has 1 aromatic heterocycles. The second kappa shape index (κ2) is 5.85. The summed E-state index contributed by atoms with van der Waals surface area (Å²) in [5.41, 5.74) is 0. The summed E-state index contributed by atoms with van der Waals surface area (Å²) in [5.74, 6) is 0.0697. The van der Waals surface area contributed by atoms with E-state index in [0.717, 1.165) is 17.8 Å². The van der Waals surface area contributed by atoms with Gasteiger partial charge in [-0.1, -0.05) is 18.4 Å². The molecule has 0 amide bonds. The van der Waals surface area contributed by atoms with Gasteiger partial charge in [-0.15, -0.1) is 5.10 Å². The Bertz CT molecular complexity index is 491. The summed E-state index contributed by atoms with van der Waals surface area (Å²) in [6.45, 7) is 7.37. The summed E-state index contributed by atoms with van der Waals surface area (Å²) in [5, 5.41) is 7.41. The van der Waals surface area contributed by atoms with Crippen LogP contribution in [0.1, 0.15) is 40.5 Å². The first-order chi connectivity index (χ1) is 8.18. The molecule has 1 unspecified atom stereocenters. The Morgan fingerprint density at radius 1 is 1.33 bits per heavy atom. The normalized spacial score (nSPS) is 14.7. The molecule has 0 saturated carbocycles. The van der Waals surface area contributed by atoms with E-state index in [1.165, 1.54) is 0 Å². The monoisotopic (exact) mass is 310 g/mol. The minimum absolute atomic E-state index is 0.0245. The van der Waals surface area contributed by atoms with E-state index in [1.54, 1.807) is 0 Å². The lowest BCUT2D eigenvalue weighted by atomic mass is 10.3. The van der Waals surface area contributed by atoms with E-state index >= 15 is 0 Å². The van der Waals surface area contributed by atoms with Crippen LogP contribution >= 0.6 is 11.3 Å². The predicted octanol–water partition coefficient (Wildman–Crippen LogP) is 2.02. The van der Waals surface area contributed by atoms with E-state index in [9.17, 15) is 13.0 Å². The first kappa shape index (κ1) is 15.9. The second-order valence-corrected chi connectivity index (χ2v) is 10.6. The van der Waals surface area contributed by atoms with Gasteiger partial charge in [0.25, 0.3) is 0 Å². The predicted molar refractivity (Wildman–Crippen MR) is 73.0 cm³/mol. The van der Waals surface area contributed by atoms with E-state index in [0.29, 0.717) is 6.42 Å². The van der Waals surface area contributed by atoms with Gasteiger partial charge < -0.3 is 4.55 Å². The molecule has 0 fully saturated rings. The smallest absolute Gasteiger partial charge is 0.323 e. The summed E-state index contributed by atoms with van der Waals surface area (Å²) in [6, 6.07) is 0. The van der Waals surface area contributed by atoms with Gasteiger partial charge in [0.05, 0.1) is 5.75 Å². The average Bonchev–Trinajstić information content (AvgIpc) is 2.73. The summed E-state index contributed by atoms with van der Waals surface area (Å²) in [6.07, 6.45) is 1.40. The number of unbranched alkanes of at least 4 members (excludes halogenated alkanes) is 1. The van der Waals surface area contributed by atoms with E-state index in [1.807, 2.05) is 27.7 Å². The first-order valence-electron chi connectivity index (χ1n) is 5.66. The largest absolute Gasteiger partial charge is 0.609 e. The number of rotatable bonds is 5. The van der Waals surface area contributed by atoms with Crippen LogP contribution in [-0.2, 0) is 21.0 Å². The van der Waals surface area contributed by atoms with Crippen LogP contribution in [0.4, 0.5) is 0 Å². The van der Waals surface area contributed by atoms with Crippen molar-refractivity contribution >= 4 is 32.3 Å². The minimum atomic E-state index is -3.37. The molecule has 1 atom stereocenters. The molecule has 5 nitrogen and oxygen atoms in total. The highest BCUT2D eigenvalue weighted by Gasteiger charge is 2.33. The number of hydrogen-bond acceptors (Lipinski definition) is 6. The van der Waals surface area contributed by atoms with Crippen LogP contribution in [0.2, 0.25) is 0 Å². The summed E-state index contributed by atoms with van der Waals surface area (Å²) in [7, 11) is -3.37. The van der Waals surface area contributed by atoms with Gasteiger partial charge in [0.15, 0.2) is 0 Å². The SMILES string of the molecule is CCCCS(=O)(=O)c1nnc([S+]([O-])C(C)(C)C)s1. The van der Waals surface area contributed by atoms with Crippen LogP contribution in [-0.4, -0.2) is 33.7 Å². The zero-order valence-electron chi connectivity index (χ0n) is 11.0. The Morgan fingerprint density at radius 2 is 1.94 bits per heavy atom. The number of hydrogen-bond donors (Lipinski definition) is 0. The fourth-order valence-corrected chi connectivity index (χ4v) is 5.48. The molecule has 1 heterocycles. The lowest BCUT2D eigenvalue weighted by Gasteiger charge is -2.20. The van der Waals surface area contributed by atoms with Crippen LogP contribution < -0.4 is 0 Å². The third kappa shape index (κ3) is 3.91. The molecule has 104 valence electrons. The molecule has 18 heavy (non-hydrogen) atoms. The Hall–Kier alpha value is -0.180. The molecular formula is C10H18N2O3S3. The second-order valence-electron chi connectivity index (χ2n) is 4.89. The molecule has 0 radical (unpaired) electrons. The zero-order chi connectivity index (χ0) is 14.0.